The molecule has 0 unspecified atom stereocenters. The zero-order valence-electron chi connectivity index (χ0n) is 9.58. The number of fused-ring (bicyclic) bond motifs is 1. The van der Waals surface area contributed by atoms with Gasteiger partial charge in [0.2, 0.25) is 0 Å². The number of aromatic nitrogens is 1. The Bertz CT molecular complexity index is 703. The van der Waals surface area contributed by atoms with Crippen LogP contribution in [0.5, 0.6) is 0 Å². The number of hydrogen-bond acceptors (Lipinski definition) is 0. The normalized spacial score (nSPS) is 11.0. The van der Waals surface area contributed by atoms with E-state index in [0.717, 1.165) is 21.2 Å². The molecule has 3 heteroatoms. The Balaban J connectivity index is 2.13. The van der Waals surface area contributed by atoms with E-state index >= 15 is 0 Å². The Hall–Kier alpha value is -1.25. The molecule has 90 valence electrons. The summed E-state index contributed by atoms with van der Waals surface area (Å²) in [4.78, 5) is 3.43. The van der Waals surface area contributed by atoms with Gasteiger partial charge in [0.1, 0.15) is 0 Å². The van der Waals surface area contributed by atoms with Crippen LogP contribution >= 0.6 is 27.5 Å². The molecule has 0 aliphatic heterocycles. The summed E-state index contributed by atoms with van der Waals surface area (Å²) in [7, 11) is 0. The first kappa shape index (κ1) is 11.8. The first-order valence-electron chi connectivity index (χ1n) is 5.70. The average molecular weight is 321 g/mol. The van der Waals surface area contributed by atoms with Crippen molar-refractivity contribution < 1.29 is 0 Å². The molecule has 2 aromatic carbocycles. The summed E-state index contributed by atoms with van der Waals surface area (Å²) in [6.45, 7) is 0. The molecule has 18 heavy (non-hydrogen) atoms. The Morgan fingerprint density at radius 2 is 1.94 bits per heavy atom. The summed E-state index contributed by atoms with van der Waals surface area (Å²) in [5.41, 5.74) is 4.56. The van der Waals surface area contributed by atoms with Crippen molar-refractivity contribution in [3.05, 3.63) is 58.6 Å². The molecule has 0 spiro atoms. The number of rotatable bonds is 2. The van der Waals surface area contributed by atoms with E-state index in [1.165, 1.54) is 10.9 Å². The van der Waals surface area contributed by atoms with Crippen LogP contribution in [0, 0.1) is 0 Å². The SMILES string of the molecule is ClCc1cccc(-c2cc3cc(Br)ccc3[nH]2)c1. The Kier molecular flexibility index (Phi) is 3.14. The molecule has 0 amide bonds. The van der Waals surface area contributed by atoms with Gasteiger partial charge >= 0.3 is 0 Å². The van der Waals surface area contributed by atoms with Crippen molar-refractivity contribution in [2.24, 2.45) is 0 Å². The van der Waals surface area contributed by atoms with E-state index in [9.17, 15) is 0 Å². The topological polar surface area (TPSA) is 15.8 Å². The second-order valence-electron chi connectivity index (χ2n) is 4.25. The third-order valence-electron chi connectivity index (χ3n) is 2.98. The second-order valence-corrected chi connectivity index (χ2v) is 5.43. The zero-order chi connectivity index (χ0) is 12.5. The fourth-order valence-electron chi connectivity index (χ4n) is 2.08. The Morgan fingerprint density at radius 3 is 2.78 bits per heavy atom. The third kappa shape index (κ3) is 2.18. The minimum absolute atomic E-state index is 0.541. The number of aromatic amines is 1. The minimum atomic E-state index is 0.541. The van der Waals surface area contributed by atoms with E-state index in [1.807, 2.05) is 18.2 Å². The maximum atomic E-state index is 5.87. The van der Waals surface area contributed by atoms with Gasteiger partial charge < -0.3 is 4.98 Å². The van der Waals surface area contributed by atoms with Gasteiger partial charge in [-0.05, 0) is 41.5 Å². The molecule has 3 aromatic rings. The van der Waals surface area contributed by atoms with Gasteiger partial charge in [-0.3, -0.25) is 0 Å². The van der Waals surface area contributed by atoms with Crippen molar-refractivity contribution in [3.63, 3.8) is 0 Å². The molecule has 1 N–H and O–H groups in total. The van der Waals surface area contributed by atoms with E-state index in [0.29, 0.717) is 5.88 Å². The number of alkyl halides is 1. The summed E-state index contributed by atoms with van der Waals surface area (Å²) in [5, 5.41) is 1.20. The lowest BCUT2D eigenvalue weighted by Gasteiger charge is -2.00. The van der Waals surface area contributed by atoms with E-state index in [-0.39, 0.29) is 0 Å². The smallest absolute Gasteiger partial charge is 0.0474 e. The van der Waals surface area contributed by atoms with Crippen molar-refractivity contribution in [3.8, 4) is 11.3 Å². The lowest BCUT2D eigenvalue weighted by atomic mass is 10.1. The van der Waals surface area contributed by atoms with Crippen molar-refractivity contribution in [1.82, 2.24) is 4.98 Å². The van der Waals surface area contributed by atoms with Gasteiger partial charge in [0.25, 0.3) is 0 Å². The van der Waals surface area contributed by atoms with Crippen LogP contribution in [0.1, 0.15) is 5.56 Å². The lowest BCUT2D eigenvalue weighted by Crippen LogP contribution is -1.81. The fraction of sp³-hybridized carbons (Fsp3) is 0.0667. The number of halogens is 2. The van der Waals surface area contributed by atoms with Crippen LogP contribution in [-0.2, 0) is 5.88 Å². The highest BCUT2D eigenvalue weighted by molar-refractivity contribution is 9.10. The Morgan fingerprint density at radius 1 is 1.06 bits per heavy atom. The first-order valence-corrected chi connectivity index (χ1v) is 7.02. The summed E-state index contributed by atoms with van der Waals surface area (Å²) in [6.07, 6.45) is 0. The number of H-pyrrole nitrogens is 1. The maximum Gasteiger partial charge on any atom is 0.0474 e. The highest BCUT2D eigenvalue weighted by atomic mass is 79.9. The van der Waals surface area contributed by atoms with Gasteiger partial charge in [-0.25, -0.2) is 0 Å². The van der Waals surface area contributed by atoms with E-state index in [4.69, 9.17) is 11.6 Å². The van der Waals surface area contributed by atoms with Crippen LogP contribution in [0.25, 0.3) is 22.2 Å². The molecule has 0 atom stereocenters. The Labute approximate surface area is 119 Å². The van der Waals surface area contributed by atoms with Crippen LogP contribution < -0.4 is 0 Å². The van der Waals surface area contributed by atoms with E-state index < -0.39 is 0 Å². The van der Waals surface area contributed by atoms with Crippen LogP contribution in [-0.4, -0.2) is 4.98 Å². The molecule has 1 heterocycles. The zero-order valence-corrected chi connectivity index (χ0v) is 11.9. The molecule has 1 aromatic heterocycles. The molecular formula is C15H11BrClN. The van der Waals surface area contributed by atoms with Gasteiger partial charge in [-0.2, -0.15) is 0 Å². The standard InChI is InChI=1S/C15H11BrClN/c16-13-4-5-14-12(7-13)8-15(18-14)11-3-1-2-10(6-11)9-17/h1-8,18H,9H2. The van der Waals surface area contributed by atoms with Crippen LogP contribution in [0.2, 0.25) is 0 Å². The van der Waals surface area contributed by atoms with Crippen LogP contribution in [0.4, 0.5) is 0 Å². The van der Waals surface area contributed by atoms with Gasteiger partial charge in [-0.15, -0.1) is 11.6 Å². The third-order valence-corrected chi connectivity index (χ3v) is 3.78. The van der Waals surface area contributed by atoms with Crippen molar-refractivity contribution in [1.29, 1.82) is 0 Å². The lowest BCUT2D eigenvalue weighted by molar-refractivity contribution is 1.38. The van der Waals surface area contributed by atoms with Crippen molar-refractivity contribution >= 4 is 38.4 Å². The highest BCUT2D eigenvalue weighted by Crippen LogP contribution is 2.27. The predicted molar refractivity (Wildman–Crippen MR) is 81.0 cm³/mol. The minimum Gasteiger partial charge on any atom is -0.355 e. The summed E-state index contributed by atoms with van der Waals surface area (Å²) >= 11 is 9.36. The number of benzene rings is 2. The van der Waals surface area contributed by atoms with Gasteiger partial charge in [-0.1, -0.05) is 34.1 Å². The number of hydrogen-bond donors (Lipinski definition) is 1. The molecule has 1 nitrogen and oxygen atoms in total. The summed E-state index contributed by atoms with van der Waals surface area (Å²) < 4.78 is 1.09. The van der Waals surface area contributed by atoms with Crippen molar-refractivity contribution in [2.45, 2.75) is 5.88 Å². The first-order chi connectivity index (χ1) is 8.76. The van der Waals surface area contributed by atoms with Crippen LogP contribution in [0.3, 0.4) is 0 Å². The quantitative estimate of drug-likeness (QED) is 0.614. The van der Waals surface area contributed by atoms with E-state index in [1.54, 1.807) is 0 Å². The average Bonchev–Trinajstić information content (AvgIpc) is 2.81. The molecular weight excluding hydrogens is 310 g/mol. The van der Waals surface area contributed by atoms with Gasteiger partial charge in [0, 0.05) is 26.9 Å². The molecule has 0 fully saturated rings. The molecule has 3 rings (SSSR count). The molecule has 0 aliphatic carbocycles. The van der Waals surface area contributed by atoms with Crippen molar-refractivity contribution in [2.75, 3.05) is 0 Å². The van der Waals surface area contributed by atoms with Crippen LogP contribution in [0.15, 0.2) is 53.0 Å². The number of nitrogens with one attached hydrogen (secondary N) is 1. The second kappa shape index (κ2) is 4.79. The maximum absolute atomic E-state index is 5.87. The molecule has 0 saturated heterocycles. The molecule has 0 saturated carbocycles. The monoisotopic (exact) mass is 319 g/mol. The van der Waals surface area contributed by atoms with Gasteiger partial charge in [0.05, 0.1) is 0 Å². The highest BCUT2D eigenvalue weighted by Gasteiger charge is 2.04. The largest absolute Gasteiger partial charge is 0.355 e. The summed E-state index contributed by atoms with van der Waals surface area (Å²) in [6, 6.07) is 16.7. The van der Waals surface area contributed by atoms with Gasteiger partial charge in [0.15, 0.2) is 0 Å². The van der Waals surface area contributed by atoms with E-state index in [2.05, 4.69) is 51.2 Å². The predicted octanol–water partition coefficient (Wildman–Crippen LogP) is 5.34. The molecule has 0 bridgehead atoms. The summed E-state index contributed by atoms with van der Waals surface area (Å²) in [5.74, 6) is 0.541. The molecule has 0 aliphatic rings. The fourth-order valence-corrected chi connectivity index (χ4v) is 2.63. The molecule has 0 radical (unpaired) electrons.